The Kier molecular flexibility index (Phi) is 2.01. The number of rotatable bonds is 1. The molecule has 5 heteroatoms. The van der Waals surface area contributed by atoms with E-state index >= 15 is 0 Å². The third-order valence-corrected chi connectivity index (χ3v) is 2.14. The summed E-state index contributed by atoms with van der Waals surface area (Å²) in [4.78, 5) is 17.1. The molecule has 4 nitrogen and oxygen atoms in total. The summed E-state index contributed by atoms with van der Waals surface area (Å²) in [6.07, 6.45) is 0. The summed E-state index contributed by atoms with van der Waals surface area (Å²) in [5.74, 6) is -1.24. The monoisotopic (exact) mass is 206 g/mol. The molecule has 1 aromatic heterocycles. The lowest BCUT2D eigenvalue weighted by molar-refractivity contribution is 0.0684. The molecule has 1 heterocycles. The number of para-hydroxylation sites is 1. The number of H-pyrrole nitrogens is 1. The van der Waals surface area contributed by atoms with Gasteiger partial charge in [-0.25, -0.2) is 9.78 Å². The first-order valence-corrected chi connectivity index (χ1v) is 4.31. The van der Waals surface area contributed by atoms with Crippen molar-refractivity contribution >= 4 is 29.1 Å². The van der Waals surface area contributed by atoms with Gasteiger partial charge in [-0.05, 0) is 12.1 Å². The van der Waals surface area contributed by atoms with Crippen LogP contribution in [-0.2, 0) is 0 Å². The van der Waals surface area contributed by atoms with E-state index in [4.69, 9.17) is 17.3 Å². The van der Waals surface area contributed by atoms with Gasteiger partial charge in [-0.2, -0.15) is 0 Å². The number of hydrogen-bond donors (Lipinski definition) is 2. The number of nitrogens with one attached hydrogen (secondary N) is 1. The molecule has 1 aromatic carbocycles. The molecule has 70 valence electrons. The zero-order valence-electron chi connectivity index (χ0n) is 7.02. The number of nitrogens with zero attached hydrogens (tertiary/aromatic N) is 1. The lowest BCUT2D eigenvalue weighted by Crippen LogP contribution is -2.04. The lowest BCUT2D eigenvalue weighted by atomic mass is 10.2. The molecule has 0 aliphatic rings. The minimum Gasteiger partial charge on any atom is -0.475 e. The van der Waals surface area contributed by atoms with E-state index < -0.39 is 5.97 Å². The van der Waals surface area contributed by atoms with E-state index in [1.807, 2.05) is 6.07 Å². The van der Waals surface area contributed by atoms with Crippen LogP contribution in [-0.4, -0.2) is 21.0 Å². The highest BCUT2D eigenvalue weighted by Crippen LogP contribution is 2.11. The summed E-state index contributed by atoms with van der Waals surface area (Å²) in [6, 6.07) is 7.19. The van der Waals surface area contributed by atoms with E-state index in [1.165, 1.54) is 0 Å². The van der Waals surface area contributed by atoms with Gasteiger partial charge in [0.05, 0.1) is 5.52 Å². The zero-order chi connectivity index (χ0) is 10.1. The van der Waals surface area contributed by atoms with Gasteiger partial charge < -0.3 is 10.1 Å². The van der Waals surface area contributed by atoms with Crippen LogP contribution < -0.4 is 0 Å². The van der Waals surface area contributed by atoms with E-state index in [9.17, 15) is 4.79 Å². The molecule has 0 saturated heterocycles. The Balaban J connectivity index is 2.86. The number of aromatic nitrogens is 2. The normalized spacial score (nSPS) is 10.3. The molecule has 0 bridgehead atoms. The van der Waals surface area contributed by atoms with Gasteiger partial charge in [-0.15, -0.1) is 0 Å². The van der Waals surface area contributed by atoms with Crippen molar-refractivity contribution in [2.75, 3.05) is 0 Å². The third kappa shape index (κ3) is 1.38. The molecule has 0 fully saturated rings. The summed E-state index contributed by atoms with van der Waals surface area (Å²) in [6.45, 7) is 0. The minimum absolute atomic E-state index is 0.131. The van der Waals surface area contributed by atoms with E-state index in [-0.39, 0.29) is 5.82 Å². The van der Waals surface area contributed by atoms with Crippen molar-refractivity contribution in [1.29, 1.82) is 0 Å². The first kappa shape index (κ1) is 8.83. The number of carboxylic acid groups (broad SMARTS) is 1. The fourth-order valence-electron chi connectivity index (χ4n) is 1.20. The van der Waals surface area contributed by atoms with E-state index in [0.717, 1.165) is 5.39 Å². The summed E-state index contributed by atoms with van der Waals surface area (Å²) in [5.41, 5.74) is 0.685. The number of carboxylic acids is 1. The van der Waals surface area contributed by atoms with Crippen LogP contribution in [0, 0.1) is 4.64 Å². The zero-order valence-corrected chi connectivity index (χ0v) is 7.84. The van der Waals surface area contributed by atoms with Crippen LogP contribution in [0.15, 0.2) is 24.3 Å². The maximum Gasteiger partial charge on any atom is 0.371 e. The van der Waals surface area contributed by atoms with Crippen LogP contribution in [0.4, 0.5) is 0 Å². The highest BCUT2D eigenvalue weighted by Gasteiger charge is 2.06. The van der Waals surface area contributed by atoms with E-state index in [2.05, 4.69) is 9.97 Å². The standard InChI is InChI=1S/C9H6N2O2S/c12-9(13)7-10-6-4-2-1-3-5(6)8(14)11-7/h1-4H,(H,12,13)(H,10,11,14). The first-order valence-electron chi connectivity index (χ1n) is 3.91. The van der Waals surface area contributed by atoms with Crippen LogP contribution in [0.3, 0.4) is 0 Å². The van der Waals surface area contributed by atoms with Crippen molar-refractivity contribution in [3.63, 3.8) is 0 Å². The lowest BCUT2D eigenvalue weighted by Gasteiger charge is -1.99. The van der Waals surface area contributed by atoms with Crippen molar-refractivity contribution in [2.45, 2.75) is 0 Å². The molecule has 0 amide bonds. The number of fused-ring (bicyclic) bond motifs is 1. The quantitative estimate of drug-likeness (QED) is 0.700. The molecule has 2 aromatic rings. The fraction of sp³-hybridized carbons (Fsp3) is 0. The Morgan fingerprint density at radius 2 is 2.14 bits per heavy atom. The molecule has 0 atom stereocenters. The first-order chi connectivity index (χ1) is 6.68. The van der Waals surface area contributed by atoms with Crippen LogP contribution in [0.25, 0.3) is 10.9 Å². The van der Waals surface area contributed by atoms with Crippen molar-refractivity contribution < 1.29 is 9.90 Å². The Morgan fingerprint density at radius 1 is 1.43 bits per heavy atom. The van der Waals surface area contributed by atoms with E-state index in [1.54, 1.807) is 18.2 Å². The summed E-state index contributed by atoms with van der Waals surface area (Å²) in [5, 5.41) is 9.49. The number of aromatic carboxylic acids is 1. The van der Waals surface area contributed by atoms with Gasteiger partial charge >= 0.3 is 5.97 Å². The van der Waals surface area contributed by atoms with Gasteiger partial charge in [0.25, 0.3) is 0 Å². The Morgan fingerprint density at radius 3 is 2.86 bits per heavy atom. The number of benzene rings is 1. The molecule has 0 spiro atoms. The Labute approximate surface area is 84.2 Å². The molecule has 0 aliphatic heterocycles. The average molecular weight is 206 g/mol. The number of aromatic amines is 1. The molecule has 0 aliphatic carbocycles. The summed E-state index contributed by atoms with van der Waals surface area (Å²) in [7, 11) is 0. The molecule has 14 heavy (non-hydrogen) atoms. The molecule has 2 rings (SSSR count). The SMILES string of the molecule is O=C(O)c1nc(=S)c2ccccc2[nH]1. The summed E-state index contributed by atoms with van der Waals surface area (Å²) < 4.78 is 0.303. The minimum atomic E-state index is -1.11. The van der Waals surface area contributed by atoms with Gasteiger partial charge in [0.1, 0.15) is 4.64 Å². The van der Waals surface area contributed by atoms with Crippen molar-refractivity contribution in [2.24, 2.45) is 0 Å². The molecular weight excluding hydrogens is 200 g/mol. The van der Waals surface area contributed by atoms with Crippen molar-refractivity contribution in [1.82, 2.24) is 9.97 Å². The molecule has 0 unspecified atom stereocenters. The molecule has 0 saturated carbocycles. The maximum absolute atomic E-state index is 10.7. The van der Waals surface area contributed by atoms with Gasteiger partial charge in [0.2, 0.25) is 5.82 Å². The third-order valence-electron chi connectivity index (χ3n) is 1.83. The van der Waals surface area contributed by atoms with E-state index in [0.29, 0.717) is 10.2 Å². The van der Waals surface area contributed by atoms with Crippen molar-refractivity contribution in [3.05, 3.63) is 34.7 Å². The second-order valence-electron chi connectivity index (χ2n) is 2.74. The smallest absolute Gasteiger partial charge is 0.371 e. The van der Waals surface area contributed by atoms with Gasteiger partial charge in [-0.3, -0.25) is 0 Å². The highest BCUT2D eigenvalue weighted by molar-refractivity contribution is 7.71. The van der Waals surface area contributed by atoms with Crippen LogP contribution in [0.2, 0.25) is 0 Å². The van der Waals surface area contributed by atoms with Gasteiger partial charge in [0.15, 0.2) is 0 Å². The predicted octanol–water partition coefficient (Wildman–Crippen LogP) is 1.99. The largest absolute Gasteiger partial charge is 0.475 e. The average Bonchev–Trinajstić information content (AvgIpc) is 2.17. The summed E-state index contributed by atoms with van der Waals surface area (Å²) >= 11 is 4.97. The number of hydrogen-bond acceptors (Lipinski definition) is 3. The van der Waals surface area contributed by atoms with Gasteiger partial charge in [-0.1, -0.05) is 24.4 Å². The predicted molar refractivity (Wildman–Crippen MR) is 53.9 cm³/mol. The van der Waals surface area contributed by atoms with Crippen LogP contribution >= 0.6 is 12.2 Å². The van der Waals surface area contributed by atoms with Gasteiger partial charge in [0, 0.05) is 5.39 Å². The van der Waals surface area contributed by atoms with Crippen molar-refractivity contribution in [3.8, 4) is 0 Å². The Hall–Kier alpha value is -1.75. The molecule has 2 N–H and O–H groups in total. The second kappa shape index (κ2) is 3.19. The molecular formula is C9H6N2O2S. The number of carbonyl (C=O) groups is 1. The fourth-order valence-corrected chi connectivity index (χ4v) is 1.47. The van der Waals surface area contributed by atoms with Crippen LogP contribution in [0.1, 0.15) is 10.6 Å². The highest BCUT2D eigenvalue weighted by atomic mass is 32.1. The Bertz CT molecular complexity index is 562. The molecule has 0 radical (unpaired) electrons. The van der Waals surface area contributed by atoms with Crippen LogP contribution in [0.5, 0.6) is 0 Å². The second-order valence-corrected chi connectivity index (χ2v) is 3.13. The maximum atomic E-state index is 10.7. The topological polar surface area (TPSA) is 66.0 Å².